The summed E-state index contributed by atoms with van der Waals surface area (Å²) in [5, 5.41) is 10.9. The van der Waals surface area contributed by atoms with Crippen LogP contribution in [0, 0.1) is 5.82 Å². The Morgan fingerprint density at radius 1 is 1.55 bits per heavy atom. The molecular weight excluding hydrogens is 169 g/mol. The van der Waals surface area contributed by atoms with Gasteiger partial charge in [0.1, 0.15) is 5.82 Å². The molecule has 0 aliphatic carbocycles. The molecule has 0 aromatic heterocycles. The van der Waals surface area contributed by atoms with Crippen molar-refractivity contribution in [2.24, 2.45) is 5.16 Å². The number of halogens is 2. The summed E-state index contributed by atoms with van der Waals surface area (Å²) in [6.07, 6.45) is 1.17. The van der Waals surface area contributed by atoms with E-state index in [1.54, 1.807) is 0 Å². The molecule has 58 valence electrons. The smallest absolute Gasteiger partial charge is 0.141 e. The molecule has 1 N–H and O–H groups in total. The van der Waals surface area contributed by atoms with Gasteiger partial charge in [0.05, 0.1) is 11.2 Å². The molecule has 0 fully saturated rings. The maximum atomic E-state index is 12.5. The van der Waals surface area contributed by atoms with E-state index in [1.807, 2.05) is 0 Å². The molecule has 0 radical (unpaired) electrons. The lowest BCUT2D eigenvalue weighted by Gasteiger charge is -1.93. The average Bonchev–Trinajstić information content (AvgIpc) is 1.98. The molecule has 0 unspecified atom stereocenters. The largest absolute Gasteiger partial charge is 0.411 e. The first kappa shape index (κ1) is 8.01. The van der Waals surface area contributed by atoms with Crippen LogP contribution in [0.5, 0.6) is 0 Å². The van der Waals surface area contributed by atoms with Gasteiger partial charge in [0.15, 0.2) is 0 Å². The topological polar surface area (TPSA) is 32.6 Å². The van der Waals surface area contributed by atoms with Gasteiger partial charge in [-0.25, -0.2) is 4.39 Å². The second-order valence-electron chi connectivity index (χ2n) is 1.92. The highest BCUT2D eigenvalue weighted by Crippen LogP contribution is 2.14. The van der Waals surface area contributed by atoms with Gasteiger partial charge in [-0.3, -0.25) is 0 Å². The lowest BCUT2D eigenvalue weighted by Crippen LogP contribution is -1.82. The van der Waals surface area contributed by atoms with Crippen molar-refractivity contribution in [3.63, 3.8) is 0 Å². The van der Waals surface area contributed by atoms with Crippen LogP contribution in [0.2, 0.25) is 5.02 Å². The summed E-state index contributed by atoms with van der Waals surface area (Å²) in [6, 6.07) is 4.04. The second kappa shape index (κ2) is 3.34. The highest BCUT2D eigenvalue weighted by molar-refractivity contribution is 6.31. The predicted octanol–water partition coefficient (Wildman–Crippen LogP) is 2.29. The number of oxime groups is 1. The first-order valence-corrected chi connectivity index (χ1v) is 3.24. The van der Waals surface area contributed by atoms with Crippen molar-refractivity contribution in [1.82, 2.24) is 0 Å². The summed E-state index contributed by atoms with van der Waals surface area (Å²) < 4.78 is 12.5. The van der Waals surface area contributed by atoms with Crippen LogP contribution >= 0.6 is 11.6 Å². The van der Waals surface area contributed by atoms with Gasteiger partial charge in [-0.05, 0) is 17.7 Å². The quantitative estimate of drug-likeness (QED) is 0.395. The molecule has 1 aromatic carbocycles. The molecule has 0 atom stereocenters. The van der Waals surface area contributed by atoms with Crippen molar-refractivity contribution >= 4 is 17.8 Å². The van der Waals surface area contributed by atoms with Crippen molar-refractivity contribution in [1.29, 1.82) is 0 Å². The van der Waals surface area contributed by atoms with Crippen LogP contribution in [-0.4, -0.2) is 11.4 Å². The zero-order valence-corrected chi connectivity index (χ0v) is 6.22. The molecule has 11 heavy (non-hydrogen) atoms. The molecule has 1 aromatic rings. The number of hydrogen-bond donors (Lipinski definition) is 1. The summed E-state index contributed by atoms with van der Waals surface area (Å²) in [4.78, 5) is 0. The van der Waals surface area contributed by atoms with Gasteiger partial charge in [0.2, 0.25) is 0 Å². The third-order valence-electron chi connectivity index (χ3n) is 1.15. The van der Waals surface area contributed by atoms with Crippen LogP contribution in [-0.2, 0) is 0 Å². The summed E-state index contributed by atoms with van der Waals surface area (Å²) in [5.74, 6) is -0.484. The monoisotopic (exact) mass is 173 g/mol. The molecule has 0 amide bonds. The lowest BCUT2D eigenvalue weighted by molar-refractivity contribution is 0.322. The van der Waals surface area contributed by atoms with Crippen LogP contribution in [0.15, 0.2) is 23.4 Å². The standard InChI is InChI=1S/C7H5ClFNO/c8-6-3-5(4-10-11)1-2-7(6)9/h1-4,11H. The molecule has 0 aliphatic rings. The Morgan fingerprint density at radius 2 is 2.27 bits per heavy atom. The van der Waals surface area contributed by atoms with Crippen molar-refractivity contribution in [3.8, 4) is 0 Å². The molecule has 1 rings (SSSR count). The van der Waals surface area contributed by atoms with Crippen LogP contribution < -0.4 is 0 Å². The van der Waals surface area contributed by atoms with E-state index >= 15 is 0 Å². The molecule has 0 bridgehead atoms. The maximum absolute atomic E-state index is 12.5. The molecule has 0 saturated carbocycles. The minimum Gasteiger partial charge on any atom is -0.411 e. The van der Waals surface area contributed by atoms with Crippen molar-refractivity contribution < 1.29 is 9.60 Å². The Labute approximate surface area is 67.9 Å². The van der Waals surface area contributed by atoms with Gasteiger partial charge in [-0.1, -0.05) is 22.8 Å². The second-order valence-corrected chi connectivity index (χ2v) is 2.33. The Kier molecular flexibility index (Phi) is 2.44. The molecule has 0 aliphatic heterocycles. The molecule has 0 spiro atoms. The van der Waals surface area contributed by atoms with Gasteiger partial charge < -0.3 is 5.21 Å². The van der Waals surface area contributed by atoms with Crippen LogP contribution in [0.3, 0.4) is 0 Å². The lowest BCUT2D eigenvalue weighted by atomic mass is 10.2. The van der Waals surface area contributed by atoms with E-state index in [1.165, 1.54) is 24.4 Å². The Bertz CT molecular complexity index is 288. The molecule has 4 heteroatoms. The fraction of sp³-hybridized carbons (Fsp3) is 0. The van der Waals surface area contributed by atoms with E-state index in [0.717, 1.165) is 0 Å². The van der Waals surface area contributed by atoms with E-state index < -0.39 is 5.82 Å². The Hall–Kier alpha value is -1.09. The molecule has 0 heterocycles. The van der Waals surface area contributed by atoms with Crippen LogP contribution in [0.25, 0.3) is 0 Å². The van der Waals surface area contributed by atoms with E-state index in [-0.39, 0.29) is 5.02 Å². The number of hydrogen-bond acceptors (Lipinski definition) is 2. The van der Waals surface area contributed by atoms with Gasteiger partial charge >= 0.3 is 0 Å². The SMILES string of the molecule is ON=Cc1ccc(F)c(Cl)c1. The van der Waals surface area contributed by atoms with Gasteiger partial charge in [-0.2, -0.15) is 0 Å². The number of benzene rings is 1. The summed E-state index contributed by atoms with van der Waals surface area (Å²) in [7, 11) is 0. The Morgan fingerprint density at radius 3 is 2.82 bits per heavy atom. The first-order chi connectivity index (χ1) is 5.24. The minimum absolute atomic E-state index is 0.0161. The molecular formula is C7H5ClFNO. The van der Waals surface area contributed by atoms with E-state index in [0.29, 0.717) is 5.56 Å². The summed E-state index contributed by atoms with van der Waals surface area (Å²) in [5.41, 5.74) is 0.555. The highest BCUT2D eigenvalue weighted by atomic mass is 35.5. The first-order valence-electron chi connectivity index (χ1n) is 2.86. The fourth-order valence-electron chi connectivity index (χ4n) is 0.659. The zero-order valence-electron chi connectivity index (χ0n) is 5.46. The van der Waals surface area contributed by atoms with E-state index in [4.69, 9.17) is 16.8 Å². The fourth-order valence-corrected chi connectivity index (χ4v) is 0.848. The number of nitrogens with zero attached hydrogens (tertiary/aromatic N) is 1. The molecule has 2 nitrogen and oxygen atoms in total. The van der Waals surface area contributed by atoms with Gasteiger partial charge in [0.25, 0.3) is 0 Å². The van der Waals surface area contributed by atoms with Crippen molar-refractivity contribution in [2.75, 3.05) is 0 Å². The highest BCUT2D eigenvalue weighted by Gasteiger charge is 1.97. The third kappa shape index (κ3) is 1.91. The zero-order chi connectivity index (χ0) is 8.27. The minimum atomic E-state index is -0.484. The number of rotatable bonds is 1. The average molecular weight is 174 g/mol. The van der Waals surface area contributed by atoms with Gasteiger partial charge in [0, 0.05) is 0 Å². The van der Waals surface area contributed by atoms with Crippen LogP contribution in [0.1, 0.15) is 5.56 Å². The van der Waals surface area contributed by atoms with Crippen LogP contribution in [0.4, 0.5) is 4.39 Å². The predicted molar refractivity (Wildman–Crippen MR) is 40.8 cm³/mol. The van der Waals surface area contributed by atoms with Crippen molar-refractivity contribution in [3.05, 3.63) is 34.6 Å². The summed E-state index contributed by atoms with van der Waals surface area (Å²) >= 11 is 5.43. The van der Waals surface area contributed by atoms with Crippen molar-refractivity contribution in [2.45, 2.75) is 0 Å². The third-order valence-corrected chi connectivity index (χ3v) is 1.44. The van der Waals surface area contributed by atoms with E-state index in [9.17, 15) is 4.39 Å². The maximum Gasteiger partial charge on any atom is 0.141 e. The van der Waals surface area contributed by atoms with E-state index in [2.05, 4.69) is 5.16 Å². The normalized spacial score (nSPS) is 10.7. The summed E-state index contributed by atoms with van der Waals surface area (Å²) in [6.45, 7) is 0. The molecule has 0 saturated heterocycles. The Balaban J connectivity index is 3.05. The van der Waals surface area contributed by atoms with Gasteiger partial charge in [-0.15, -0.1) is 0 Å².